The highest BCUT2D eigenvalue weighted by Gasteiger charge is 1.98. The Morgan fingerprint density at radius 1 is 1.30 bits per heavy atom. The number of rotatable bonds is 5. The van der Waals surface area contributed by atoms with Gasteiger partial charge in [-0.05, 0) is 19.3 Å². The van der Waals surface area contributed by atoms with Crippen molar-refractivity contribution in [3.8, 4) is 0 Å². The van der Waals surface area contributed by atoms with Crippen molar-refractivity contribution in [2.75, 3.05) is 6.61 Å². The van der Waals surface area contributed by atoms with Gasteiger partial charge in [0.15, 0.2) is 0 Å². The van der Waals surface area contributed by atoms with Gasteiger partial charge in [0.25, 0.3) is 0 Å². The molecule has 0 aliphatic rings. The van der Waals surface area contributed by atoms with E-state index in [1.807, 2.05) is 6.92 Å². The maximum atomic E-state index is 5.31. The van der Waals surface area contributed by atoms with E-state index >= 15 is 0 Å². The molecule has 0 fully saturated rings. The van der Waals surface area contributed by atoms with Crippen molar-refractivity contribution in [2.24, 2.45) is 5.92 Å². The van der Waals surface area contributed by atoms with E-state index in [2.05, 4.69) is 13.8 Å². The van der Waals surface area contributed by atoms with Crippen molar-refractivity contribution in [1.82, 2.24) is 0 Å². The molecule has 0 aliphatic carbocycles. The molecule has 0 amide bonds. The third-order valence-electron chi connectivity index (χ3n) is 1.38. The summed E-state index contributed by atoms with van der Waals surface area (Å²) in [5.41, 5.74) is 0. The first-order valence-electron chi connectivity index (χ1n) is 3.81. The minimum atomic E-state index is 0.00502. The van der Waals surface area contributed by atoms with Gasteiger partial charge in [-0.2, -0.15) is 0 Å². The van der Waals surface area contributed by atoms with E-state index in [1.165, 1.54) is 0 Å². The van der Waals surface area contributed by atoms with Crippen molar-refractivity contribution < 1.29 is 9.16 Å². The van der Waals surface area contributed by atoms with E-state index < -0.39 is 0 Å². The molecule has 10 heavy (non-hydrogen) atoms. The predicted molar refractivity (Wildman–Crippen MR) is 45.9 cm³/mol. The summed E-state index contributed by atoms with van der Waals surface area (Å²) in [6.07, 6.45) is 1.13. The van der Waals surface area contributed by atoms with Gasteiger partial charge in [-0.3, -0.25) is 0 Å². The maximum Gasteiger partial charge on any atom is 0.149 e. The highest BCUT2D eigenvalue weighted by molar-refractivity contribution is 5.98. The summed E-state index contributed by atoms with van der Waals surface area (Å²) in [5, 5.41) is 0. The van der Waals surface area contributed by atoms with Crippen LogP contribution in [0.2, 0.25) is 0 Å². The number of hydrogen-bond donors (Lipinski definition) is 0. The van der Waals surface area contributed by atoms with E-state index in [-0.39, 0.29) is 6.29 Å². The Morgan fingerprint density at radius 3 is 2.30 bits per heavy atom. The smallest absolute Gasteiger partial charge is 0.149 e. The summed E-state index contributed by atoms with van der Waals surface area (Å²) in [5.74, 6) is 0.723. The van der Waals surface area contributed by atoms with Crippen LogP contribution in [-0.4, -0.2) is 23.4 Å². The van der Waals surface area contributed by atoms with Gasteiger partial charge < -0.3 is 9.16 Å². The second-order valence-corrected chi connectivity index (χ2v) is 3.33. The number of hydrogen-bond acceptors (Lipinski definition) is 2. The van der Waals surface area contributed by atoms with Gasteiger partial charge in [-0.1, -0.05) is 13.8 Å². The van der Waals surface area contributed by atoms with Crippen LogP contribution < -0.4 is 0 Å². The Bertz CT molecular complexity index is 76.0. The van der Waals surface area contributed by atoms with Gasteiger partial charge in [0.1, 0.15) is 16.8 Å². The second kappa shape index (κ2) is 5.89. The summed E-state index contributed by atoms with van der Waals surface area (Å²) in [6, 6.07) is 0. The van der Waals surface area contributed by atoms with Crippen molar-refractivity contribution in [2.45, 2.75) is 33.5 Å². The van der Waals surface area contributed by atoms with Crippen molar-refractivity contribution in [3.63, 3.8) is 0 Å². The fraction of sp³-hybridized carbons (Fsp3) is 1.00. The van der Waals surface area contributed by atoms with Crippen molar-refractivity contribution in [1.29, 1.82) is 0 Å². The molecule has 3 heteroatoms. The van der Waals surface area contributed by atoms with Crippen molar-refractivity contribution >= 4 is 10.5 Å². The molecule has 2 nitrogen and oxygen atoms in total. The van der Waals surface area contributed by atoms with Crippen LogP contribution in [0.3, 0.4) is 0 Å². The van der Waals surface area contributed by atoms with Gasteiger partial charge >= 0.3 is 0 Å². The lowest BCUT2D eigenvalue weighted by Gasteiger charge is -2.12. The molecule has 0 rings (SSSR count). The molecular weight excluding hydrogens is 144 g/mol. The first kappa shape index (κ1) is 10.1. The first-order valence-corrected chi connectivity index (χ1v) is 4.63. The molecule has 0 aliphatic heterocycles. The highest BCUT2D eigenvalue weighted by Crippen LogP contribution is 2.00. The summed E-state index contributed by atoms with van der Waals surface area (Å²) in [6.45, 7) is 7.14. The van der Waals surface area contributed by atoms with Crippen LogP contribution in [0.1, 0.15) is 27.2 Å². The quantitative estimate of drug-likeness (QED) is 0.437. The fourth-order valence-corrected chi connectivity index (χ4v) is 0.674. The van der Waals surface area contributed by atoms with Gasteiger partial charge in [0.05, 0.1) is 0 Å². The average molecular weight is 162 g/mol. The van der Waals surface area contributed by atoms with E-state index in [9.17, 15) is 0 Å². The second-order valence-electron chi connectivity index (χ2n) is 2.86. The lowest BCUT2D eigenvalue weighted by atomic mass is 10.1. The molecule has 1 atom stereocenters. The Balaban J connectivity index is 3.03. The zero-order chi connectivity index (χ0) is 7.98. The molecule has 0 saturated carbocycles. The Labute approximate surface area is 66.5 Å². The summed E-state index contributed by atoms with van der Waals surface area (Å²) in [4.78, 5) is 0. The fourth-order valence-electron chi connectivity index (χ4n) is 0.538. The SMILES string of the molecule is CC(C)CCOC(C)O[SiH3]. The van der Waals surface area contributed by atoms with E-state index in [4.69, 9.17) is 9.16 Å². The molecule has 62 valence electrons. The lowest BCUT2D eigenvalue weighted by Crippen LogP contribution is -2.12. The van der Waals surface area contributed by atoms with Crippen LogP contribution in [0, 0.1) is 5.92 Å². The lowest BCUT2D eigenvalue weighted by molar-refractivity contribution is -0.0657. The molecule has 0 radical (unpaired) electrons. The minimum absolute atomic E-state index is 0.00502. The largest absolute Gasteiger partial charge is 0.404 e. The Morgan fingerprint density at radius 2 is 1.90 bits per heavy atom. The van der Waals surface area contributed by atoms with Crippen LogP contribution in [0.5, 0.6) is 0 Å². The summed E-state index contributed by atoms with van der Waals surface area (Å²) >= 11 is 0. The van der Waals surface area contributed by atoms with Crippen LogP contribution >= 0.6 is 0 Å². The monoisotopic (exact) mass is 162 g/mol. The normalized spacial score (nSPS) is 14.4. The Hall–Kier alpha value is 0.137. The van der Waals surface area contributed by atoms with E-state index in [0.717, 1.165) is 29.4 Å². The van der Waals surface area contributed by atoms with Gasteiger partial charge in [-0.15, -0.1) is 0 Å². The first-order chi connectivity index (χ1) is 4.66. The molecule has 0 aromatic rings. The summed E-state index contributed by atoms with van der Waals surface area (Å²) < 4.78 is 10.4. The van der Waals surface area contributed by atoms with Gasteiger partial charge in [0.2, 0.25) is 0 Å². The van der Waals surface area contributed by atoms with E-state index in [1.54, 1.807) is 0 Å². The topological polar surface area (TPSA) is 18.5 Å². The van der Waals surface area contributed by atoms with E-state index in [0.29, 0.717) is 0 Å². The zero-order valence-corrected chi connectivity index (χ0v) is 9.39. The van der Waals surface area contributed by atoms with Crippen molar-refractivity contribution in [3.05, 3.63) is 0 Å². The standard InChI is InChI=1S/C7H18O2Si/c1-6(2)4-5-8-7(3)9-10/h6-7H,4-5H2,1-3,10H3. The highest BCUT2D eigenvalue weighted by atomic mass is 28.2. The molecule has 0 bridgehead atoms. The average Bonchev–Trinajstić information content (AvgIpc) is 1.87. The van der Waals surface area contributed by atoms with Crippen LogP contribution in [0.15, 0.2) is 0 Å². The molecular formula is C7H18O2Si. The molecule has 0 aromatic carbocycles. The maximum absolute atomic E-state index is 5.31. The summed E-state index contributed by atoms with van der Waals surface area (Å²) in [7, 11) is 0.761. The van der Waals surface area contributed by atoms with Gasteiger partial charge in [0, 0.05) is 6.61 Å². The van der Waals surface area contributed by atoms with Crippen LogP contribution in [-0.2, 0) is 9.16 Å². The molecule has 1 unspecified atom stereocenters. The minimum Gasteiger partial charge on any atom is -0.404 e. The third kappa shape index (κ3) is 6.26. The van der Waals surface area contributed by atoms with Crippen LogP contribution in [0.25, 0.3) is 0 Å². The molecule has 0 saturated heterocycles. The van der Waals surface area contributed by atoms with Gasteiger partial charge in [-0.25, -0.2) is 0 Å². The third-order valence-corrected chi connectivity index (χ3v) is 2.04. The van der Waals surface area contributed by atoms with Crippen LogP contribution in [0.4, 0.5) is 0 Å². The molecule has 0 N–H and O–H groups in total. The number of ether oxygens (including phenoxy) is 1. The predicted octanol–water partition coefficient (Wildman–Crippen LogP) is 0.692. The molecule has 0 spiro atoms. The molecule has 0 heterocycles. The zero-order valence-electron chi connectivity index (χ0n) is 7.39. The Kier molecular flexibility index (Phi) is 5.97. The molecule has 0 aromatic heterocycles.